The highest BCUT2D eigenvalue weighted by molar-refractivity contribution is 5.57. The fraction of sp³-hybridized carbons (Fsp3) is 0.389. The number of nitrogens with one attached hydrogen (secondary N) is 1. The van der Waals surface area contributed by atoms with Crippen molar-refractivity contribution in [2.45, 2.75) is 37.8 Å². The van der Waals surface area contributed by atoms with Crippen LogP contribution in [0.2, 0.25) is 0 Å². The van der Waals surface area contributed by atoms with Gasteiger partial charge in [0.1, 0.15) is 0 Å². The van der Waals surface area contributed by atoms with Crippen molar-refractivity contribution >= 4 is 6.41 Å². The molecule has 5 nitrogen and oxygen atoms in total. The maximum atomic E-state index is 14.3. The Morgan fingerprint density at radius 1 is 1.33 bits per heavy atom. The molecular formula is C18H20FN3O2. The third kappa shape index (κ3) is 3.76. The predicted octanol–water partition coefficient (Wildman–Crippen LogP) is 2.10. The summed E-state index contributed by atoms with van der Waals surface area (Å²) in [6, 6.07) is 6.98. The normalized spacial score (nSPS) is 23.7. The van der Waals surface area contributed by atoms with Crippen LogP contribution in [0.4, 0.5) is 4.39 Å². The molecule has 1 saturated carbocycles. The highest BCUT2D eigenvalue weighted by Gasteiger charge is 2.29. The molecule has 3 atom stereocenters. The fourth-order valence-electron chi connectivity index (χ4n) is 3.30. The highest BCUT2D eigenvalue weighted by Crippen LogP contribution is 2.29. The van der Waals surface area contributed by atoms with Gasteiger partial charge in [0.25, 0.3) is 0 Å². The average molecular weight is 329 g/mol. The maximum absolute atomic E-state index is 14.3. The number of aromatic nitrogens is 2. The first kappa shape index (κ1) is 16.5. The summed E-state index contributed by atoms with van der Waals surface area (Å²) in [7, 11) is 0. The van der Waals surface area contributed by atoms with Crippen LogP contribution >= 0.6 is 0 Å². The number of rotatable bonds is 5. The summed E-state index contributed by atoms with van der Waals surface area (Å²) in [4.78, 5) is 18.6. The van der Waals surface area contributed by atoms with Crippen LogP contribution in [0, 0.1) is 11.9 Å². The van der Waals surface area contributed by atoms with Crippen LogP contribution in [0.3, 0.4) is 0 Å². The van der Waals surface area contributed by atoms with Gasteiger partial charge in [-0.3, -0.25) is 9.78 Å². The Bertz CT molecular complexity index is 696. The van der Waals surface area contributed by atoms with Crippen molar-refractivity contribution in [3.8, 4) is 11.3 Å². The minimum Gasteiger partial charge on any atom is -0.391 e. The van der Waals surface area contributed by atoms with Crippen molar-refractivity contribution in [1.29, 1.82) is 0 Å². The minimum atomic E-state index is -0.584. The second kappa shape index (κ2) is 7.49. The van der Waals surface area contributed by atoms with Crippen molar-refractivity contribution in [1.82, 2.24) is 15.3 Å². The Morgan fingerprint density at radius 2 is 2.21 bits per heavy atom. The zero-order valence-corrected chi connectivity index (χ0v) is 13.2. The maximum Gasteiger partial charge on any atom is 0.216 e. The van der Waals surface area contributed by atoms with E-state index in [0.29, 0.717) is 36.9 Å². The van der Waals surface area contributed by atoms with Crippen molar-refractivity contribution in [2.75, 3.05) is 0 Å². The van der Waals surface area contributed by atoms with Gasteiger partial charge in [0.05, 0.1) is 17.8 Å². The van der Waals surface area contributed by atoms with E-state index in [9.17, 15) is 14.3 Å². The molecule has 2 N–H and O–H groups in total. The third-order valence-corrected chi connectivity index (χ3v) is 4.60. The number of amides is 1. The molecule has 24 heavy (non-hydrogen) atoms. The van der Waals surface area contributed by atoms with Crippen LogP contribution in [0.15, 0.2) is 36.7 Å². The summed E-state index contributed by atoms with van der Waals surface area (Å²) in [6.07, 6.45) is 5.98. The van der Waals surface area contributed by atoms with Crippen molar-refractivity contribution in [2.24, 2.45) is 5.92 Å². The lowest BCUT2D eigenvalue weighted by Crippen LogP contribution is -2.43. The van der Waals surface area contributed by atoms with Crippen LogP contribution in [-0.4, -0.2) is 33.6 Å². The highest BCUT2D eigenvalue weighted by atomic mass is 19.1. The van der Waals surface area contributed by atoms with Gasteiger partial charge in [-0.05, 0) is 49.8 Å². The van der Waals surface area contributed by atoms with Gasteiger partial charge in [-0.1, -0.05) is 6.07 Å². The van der Waals surface area contributed by atoms with E-state index in [1.54, 1.807) is 30.6 Å². The van der Waals surface area contributed by atoms with E-state index in [1.165, 1.54) is 0 Å². The van der Waals surface area contributed by atoms with Crippen molar-refractivity contribution in [3.05, 3.63) is 48.2 Å². The second-order valence-corrected chi connectivity index (χ2v) is 6.23. The Balaban J connectivity index is 1.67. The summed E-state index contributed by atoms with van der Waals surface area (Å²) in [5.74, 6) is -0.288. The van der Waals surface area contributed by atoms with E-state index in [4.69, 9.17) is 0 Å². The zero-order chi connectivity index (χ0) is 16.9. The molecule has 6 heteroatoms. The largest absolute Gasteiger partial charge is 0.391 e. The van der Waals surface area contributed by atoms with Crippen LogP contribution in [0.25, 0.3) is 11.3 Å². The molecule has 1 amide bonds. The number of halogens is 1. The lowest BCUT2D eigenvalue weighted by molar-refractivity contribution is -0.111. The molecule has 1 fully saturated rings. The molecule has 1 aliphatic rings. The van der Waals surface area contributed by atoms with E-state index in [-0.39, 0.29) is 12.0 Å². The van der Waals surface area contributed by atoms with Crippen LogP contribution in [0.1, 0.15) is 24.8 Å². The quantitative estimate of drug-likeness (QED) is 0.651. The molecule has 2 aromatic heterocycles. The van der Waals surface area contributed by atoms with Crippen molar-refractivity contribution < 1.29 is 14.3 Å². The van der Waals surface area contributed by atoms with Gasteiger partial charge in [-0.15, -0.1) is 0 Å². The number of aliphatic hydroxyl groups is 1. The van der Waals surface area contributed by atoms with E-state index in [2.05, 4.69) is 15.3 Å². The number of nitrogens with zero attached hydrogens (tertiary/aromatic N) is 2. The molecule has 1 unspecified atom stereocenters. The lowest BCUT2D eigenvalue weighted by atomic mass is 9.81. The van der Waals surface area contributed by atoms with Gasteiger partial charge in [0.2, 0.25) is 12.4 Å². The van der Waals surface area contributed by atoms with E-state index < -0.39 is 12.1 Å². The van der Waals surface area contributed by atoms with Crippen LogP contribution < -0.4 is 5.32 Å². The average Bonchev–Trinajstić information content (AvgIpc) is 2.60. The van der Waals surface area contributed by atoms with E-state index in [0.717, 1.165) is 12.0 Å². The predicted molar refractivity (Wildman–Crippen MR) is 87.5 cm³/mol. The summed E-state index contributed by atoms with van der Waals surface area (Å²) in [5, 5.41) is 12.7. The third-order valence-electron chi connectivity index (χ3n) is 4.60. The van der Waals surface area contributed by atoms with Gasteiger partial charge < -0.3 is 10.4 Å². The van der Waals surface area contributed by atoms with E-state index in [1.807, 2.05) is 6.07 Å². The lowest BCUT2D eigenvalue weighted by Gasteiger charge is -2.32. The Hall–Kier alpha value is -2.34. The summed E-state index contributed by atoms with van der Waals surface area (Å²) < 4.78 is 14.3. The first-order valence-electron chi connectivity index (χ1n) is 8.11. The number of hydrogen-bond donors (Lipinski definition) is 2. The fourth-order valence-corrected chi connectivity index (χ4v) is 3.30. The SMILES string of the molecule is O=CN[C@H]1CCC(Cc2ccc(-c3cccnc3)nc2F)C[C@@H]1O. The number of carbonyl (C=O) groups excluding carboxylic acids is 1. The minimum absolute atomic E-state index is 0.185. The molecule has 0 aromatic carbocycles. The Kier molecular flexibility index (Phi) is 5.15. The first-order chi connectivity index (χ1) is 11.7. The molecule has 0 aliphatic heterocycles. The van der Waals surface area contributed by atoms with E-state index >= 15 is 0 Å². The molecule has 0 radical (unpaired) electrons. The number of hydrogen-bond acceptors (Lipinski definition) is 4. The van der Waals surface area contributed by atoms with Gasteiger partial charge in [0, 0.05) is 23.5 Å². The summed E-state index contributed by atoms with van der Waals surface area (Å²) in [6.45, 7) is 0. The molecule has 0 bridgehead atoms. The molecule has 3 rings (SSSR count). The van der Waals surface area contributed by atoms with Crippen LogP contribution in [-0.2, 0) is 11.2 Å². The molecule has 2 heterocycles. The van der Waals surface area contributed by atoms with Crippen molar-refractivity contribution in [3.63, 3.8) is 0 Å². The topological polar surface area (TPSA) is 75.1 Å². The molecule has 1 aliphatic carbocycles. The smallest absolute Gasteiger partial charge is 0.216 e. The zero-order valence-electron chi connectivity index (χ0n) is 13.2. The second-order valence-electron chi connectivity index (χ2n) is 6.23. The summed E-state index contributed by atoms with van der Waals surface area (Å²) in [5.41, 5.74) is 1.89. The van der Waals surface area contributed by atoms with Gasteiger partial charge >= 0.3 is 0 Å². The molecule has 126 valence electrons. The molecule has 0 saturated heterocycles. The van der Waals surface area contributed by atoms with Gasteiger partial charge in [0.15, 0.2) is 0 Å². The monoisotopic (exact) mass is 329 g/mol. The van der Waals surface area contributed by atoms with Gasteiger partial charge in [-0.25, -0.2) is 4.98 Å². The molecule has 0 spiro atoms. The standard InChI is InChI=1S/C18H20FN3O2/c19-18-13(4-6-15(22-18)14-2-1-7-20-10-14)8-12-3-5-16(21-11-23)17(24)9-12/h1-2,4,6-7,10-12,16-17,24H,3,5,8-9H2,(H,21,23)/t12?,16-,17-/m0/s1. The summed E-state index contributed by atoms with van der Waals surface area (Å²) >= 11 is 0. The van der Waals surface area contributed by atoms with Gasteiger partial charge in [-0.2, -0.15) is 4.39 Å². The number of aliphatic hydroxyl groups excluding tert-OH is 1. The Morgan fingerprint density at radius 3 is 2.88 bits per heavy atom. The van der Waals surface area contributed by atoms with Crippen LogP contribution in [0.5, 0.6) is 0 Å². The Labute approximate surface area is 140 Å². The molecule has 2 aromatic rings. The number of carbonyl (C=O) groups is 1. The number of pyridine rings is 2. The molecular weight excluding hydrogens is 309 g/mol. The first-order valence-corrected chi connectivity index (χ1v) is 8.11.